The number of hydrogen-bond acceptors (Lipinski definition) is 3. The van der Waals surface area contributed by atoms with E-state index in [0.29, 0.717) is 17.0 Å². The van der Waals surface area contributed by atoms with E-state index in [2.05, 4.69) is 29.4 Å². The molecule has 0 aliphatic carbocycles. The van der Waals surface area contributed by atoms with Gasteiger partial charge in [-0.3, -0.25) is 9.59 Å². The van der Waals surface area contributed by atoms with Crippen LogP contribution in [0.3, 0.4) is 0 Å². The second kappa shape index (κ2) is 9.74. The molecule has 0 saturated carbocycles. The first-order chi connectivity index (χ1) is 14.3. The number of carbonyl (C=O) groups excluding carboxylic acids is 2. The summed E-state index contributed by atoms with van der Waals surface area (Å²) < 4.78 is 13.4. The molecule has 1 heterocycles. The van der Waals surface area contributed by atoms with E-state index in [-0.39, 0.29) is 23.9 Å². The smallest absolute Gasteiger partial charge is 0.253 e. The summed E-state index contributed by atoms with van der Waals surface area (Å²) in [5.74, 6) is -0.374. The van der Waals surface area contributed by atoms with Gasteiger partial charge in [-0.2, -0.15) is 0 Å². The summed E-state index contributed by atoms with van der Waals surface area (Å²) in [4.78, 5) is 27.4. The number of amides is 2. The number of nitrogens with one attached hydrogen (secondary N) is 2. The Morgan fingerprint density at radius 1 is 1.00 bits per heavy atom. The Morgan fingerprint density at radius 3 is 2.37 bits per heavy atom. The predicted octanol–water partition coefficient (Wildman–Crippen LogP) is 4.00. The van der Waals surface area contributed by atoms with E-state index in [9.17, 15) is 14.0 Å². The number of para-hydroxylation sites is 1. The monoisotopic (exact) mass is 411 g/mol. The van der Waals surface area contributed by atoms with Crippen molar-refractivity contribution in [3.05, 3.63) is 65.5 Å². The fraction of sp³-hybridized carbons (Fsp3) is 0.417. The minimum absolute atomic E-state index is 0.0268. The summed E-state index contributed by atoms with van der Waals surface area (Å²) in [7, 11) is 0. The van der Waals surface area contributed by atoms with E-state index in [4.69, 9.17) is 0 Å². The zero-order chi connectivity index (χ0) is 21.7. The van der Waals surface area contributed by atoms with Crippen molar-refractivity contribution < 1.29 is 14.0 Å². The van der Waals surface area contributed by atoms with Crippen LogP contribution in [0.2, 0.25) is 0 Å². The molecule has 0 bridgehead atoms. The molecule has 1 aliphatic rings. The lowest BCUT2D eigenvalue weighted by atomic mass is 10.0. The van der Waals surface area contributed by atoms with Crippen LogP contribution < -0.4 is 15.5 Å². The molecule has 0 radical (unpaired) electrons. The van der Waals surface area contributed by atoms with Crippen molar-refractivity contribution >= 4 is 17.5 Å². The van der Waals surface area contributed by atoms with E-state index in [1.54, 1.807) is 6.07 Å². The van der Waals surface area contributed by atoms with Gasteiger partial charge in [0.2, 0.25) is 0 Å². The number of benzene rings is 2. The molecule has 1 fully saturated rings. The third-order valence-electron chi connectivity index (χ3n) is 5.77. The first-order valence-corrected chi connectivity index (χ1v) is 10.6. The minimum Gasteiger partial charge on any atom is -0.371 e. The van der Waals surface area contributed by atoms with Crippen molar-refractivity contribution in [2.45, 2.75) is 45.7 Å². The Balaban J connectivity index is 1.61. The van der Waals surface area contributed by atoms with Gasteiger partial charge in [0.1, 0.15) is 5.82 Å². The van der Waals surface area contributed by atoms with Crippen LogP contribution in [0.5, 0.6) is 0 Å². The third kappa shape index (κ3) is 5.38. The van der Waals surface area contributed by atoms with Crippen LogP contribution >= 0.6 is 0 Å². The van der Waals surface area contributed by atoms with Crippen LogP contribution in [0.25, 0.3) is 0 Å². The lowest BCUT2D eigenvalue weighted by Crippen LogP contribution is -2.45. The van der Waals surface area contributed by atoms with E-state index in [1.807, 2.05) is 31.2 Å². The standard InChI is InChI=1S/C24H30FN3O2/c1-16(2)17(3)26-24(30)21-9-4-5-10-22(21)28-13-11-20(12-14-28)27-23(29)18-7-6-8-19(25)15-18/h4-10,15-17,20H,11-14H2,1-3H3,(H,26,30)(H,27,29). The van der Waals surface area contributed by atoms with Crippen LogP contribution in [-0.4, -0.2) is 37.0 Å². The van der Waals surface area contributed by atoms with Crippen molar-refractivity contribution in [3.8, 4) is 0 Å². The van der Waals surface area contributed by atoms with E-state index in [0.717, 1.165) is 31.6 Å². The molecule has 2 amide bonds. The molecule has 3 rings (SSSR count). The van der Waals surface area contributed by atoms with Crippen LogP contribution in [0, 0.1) is 11.7 Å². The molecule has 2 N–H and O–H groups in total. The van der Waals surface area contributed by atoms with E-state index < -0.39 is 5.82 Å². The maximum absolute atomic E-state index is 13.4. The van der Waals surface area contributed by atoms with Gasteiger partial charge in [-0.05, 0) is 56.0 Å². The van der Waals surface area contributed by atoms with E-state index >= 15 is 0 Å². The second-order valence-corrected chi connectivity index (χ2v) is 8.27. The van der Waals surface area contributed by atoms with Gasteiger partial charge in [0.25, 0.3) is 11.8 Å². The average molecular weight is 412 g/mol. The molecule has 6 heteroatoms. The fourth-order valence-corrected chi connectivity index (χ4v) is 3.56. The van der Waals surface area contributed by atoms with Gasteiger partial charge in [-0.15, -0.1) is 0 Å². The average Bonchev–Trinajstić information content (AvgIpc) is 2.74. The molecule has 0 spiro atoms. The summed E-state index contributed by atoms with van der Waals surface area (Å²) >= 11 is 0. The van der Waals surface area contributed by atoms with Gasteiger partial charge in [0.15, 0.2) is 0 Å². The number of hydrogen-bond donors (Lipinski definition) is 2. The molecule has 0 aromatic heterocycles. The molecule has 30 heavy (non-hydrogen) atoms. The lowest BCUT2D eigenvalue weighted by molar-refractivity contribution is 0.0924. The number of piperidine rings is 1. The Hall–Kier alpha value is -2.89. The van der Waals surface area contributed by atoms with Crippen LogP contribution in [0.1, 0.15) is 54.3 Å². The van der Waals surface area contributed by atoms with Gasteiger partial charge in [-0.25, -0.2) is 4.39 Å². The van der Waals surface area contributed by atoms with Gasteiger partial charge >= 0.3 is 0 Å². The highest BCUT2D eigenvalue weighted by Crippen LogP contribution is 2.25. The van der Waals surface area contributed by atoms with Crippen LogP contribution in [0.15, 0.2) is 48.5 Å². The number of rotatable bonds is 6. The summed E-state index contributed by atoms with van der Waals surface area (Å²) in [5, 5.41) is 6.08. The number of halogens is 1. The highest BCUT2D eigenvalue weighted by atomic mass is 19.1. The highest BCUT2D eigenvalue weighted by molar-refractivity contribution is 6.00. The second-order valence-electron chi connectivity index (χ2n) is 8.27. The first kappa shape index (κ1) is 21.8. The minimum atomic E-state index is -0.417. The molecule has 2 aromatic rings. The van der Waals surface area contributed by atoms with Gasteiger partial charge in [-0.1, -0.05) is 32.0 Å². The zero-order valence-electron chi connectivity index (χ0n) is 17.8. The maximum Gasteiger partial charge on any atom is 0.253 e. The van der Waals surface area contributed by atoms with Crippen molar-refractivity contribution in [1.29, 1.82) is 0 Å². The summed E-state index contributed by atoms with van der Waals surface area (Å²) in [6.07, 6.45) is 1.53. The van der Waals surface area contributed by atoms with Crippen molar-refractivity contribution in [1.82, 2.24) is 10.6 Å². The topological polar surface area (TPSA) is 61.4 Å². The molecule has 5 nitrogen and oxygen atoms in total. The quantitative estimate of drug-likeness (QED) is 0.755. The number of carbonyl (C=O) groups is 2. The summed E-state index contributed by atoms with van der Waals surface area (Å²) in [6.45, 7) is 7.65. The van der Waals surface area contributed by atoms with Crippen molar-refractivity contribution in [2.75, 3.05) is 18.0 Å². The van der Waals surface area contributed by atoms with Crippen LogP contribution in [-0.2, 0) is 0 Å². The van der Waals surface area contributed by atoms with Crippen molar-refractivity contribution in [3.63, 3.8) is 0 Å². The van der Waals surface area contributed by atoms with Gasteiger partial charge in [0, 0.05) is 36.4 Å². The van der Waals surface area contributed by atoms with E-state index in [1.165, 1.54) is 18.2 Å². The van der Waals surface area contributed by atoms with Crippen molar-refractivity contribution in [2.24, 2.45) is 5.92 Å². The molecule has 1 atom stereocenters. The maximum atomic E-state index is 13.4. The number of nitrogens with zero attached hydrogens (tertiary/aromatic N) is 1. The SMILES string of the molecule is CC(C)C(C)NC(=O)c1ccccc1N1CCC(NC(=O)c2cccc(F)c2)CC1. The molecule has 160 valence electrons. The lowest BCUT2D eigenvalue weighted by Gasteiger charge is -2.35. The Labute approximate surface area is 177 Å². The number of anilines is 1. The zero-order valence-corrected chi connectivity index (χ0v) is 17.8. The fourth-order valence-electron chi connectivity index (χ4n) is 3.56. The van der Waals surface area contributed by atoms with Gasteiger partial charge < -0.3 is 15.5 Å². The summed E-state index contributed by atoms with van der Waals surface area (Å²) in [6, 6.07) is 13.5. The molecule has 1 unspecified atom stereocenters. The Kier molecular flexibility index (Phi) is 7.08. The molecular weight excluding hydrogens is 381 g/mol. The first-order valence-electron chi connectivity index (χ1n) is 10.6. The normalized spacial score (nSPS) is 15.7. The third-order valence-corrected chi connectivity index (χ3v) is 5.77. The molecular formula is C24H30FN3O2. The predicted molar refractivity (Wildman–Crippen MR) is 117 cm³/mol. The molecule has 1 aliphatic heterocycles. The Bertz CT molecular complexity index is 892. The molecule has 2 aromatic carbocycles. The molecule has 1 saturated heterocycles. The highest BCUT2D eigenvalue weighted by Gasteiger charge is 2.24. The van der Waals surface area contributed by atoms with Gasteiger partial charge in [0.05, 0.1) is 5.56 Å². The Morgan fingerprint density at radius 2 is 1.70 bits per heavy atom. The summed E-state index contributed by atoms with van der Waals surface area (Å²) in [5.41, 5.74) is 1.92. The van der Waals surface area contributed by atoms with Crippen LogP contribution in [0.4, 0.5) is 10.1 Å². The largest absolute Gasteiger partial charge is 0.371 e.